The lowest BCUT2D eigenvalue weighted by Gasteiger charge is -2.11. The molecule has 1 aromatic carbocycles. The van der Waals surface area contributed by atoms with Gasteiger partial charge in [0.2, 0.25) is 0 Å². The molecule has 0 bridgehead atoms. The van der Waals surface area contributed by atoms with Crippen LogP contribution in [0.5, 0.6) is 5.75 Å². The highest BCUT2D eigenvalue weighted by atomic mass is 16.5. The second-order valence-corrected chi connectivity index (χ2v) is 6.01. The number of nitrogens with one attached hydrogen (secondary N) is 1. The number of rotatable bonds is 10. The van der Waals surface area contributed by atoms with Crippen LogP contribution in [0.1, 0.15) is 37.0 Å². The van der Waals surface area contributed by atoms with Crippen molar-refractivity contribution in [2.45, 2.75) is 33.3 Å². The van der Waals surface area contributed by atoms with Gasteiger partial charge >= 0.3 is 5.97 Å². The zero-order valence-corrected chi connectivity index (χ0v) is 15.6. The average molecular weight is 376 g/mol. The van der Waals surface area contributed by atoms with Gasteiger partial charge in [-0.05, 0) is 44.5 Å². The number of benzene rings is 1. The number of ether oxygens (including phenoxy) is 2. The van der Waals surface area contributed by atoms with Crippen molar-refractivity contribution < 1.29 is 24.2 Å². The molecule has 0 spiro atoms. The second-order valence-electron chi connectivity index (χ2n) is 6.01. The Kier molecular flexibility index (Phi) is 7.30. The lowest BCUT2D eigenvalue weighted by molar-refractivity contribution is -0.142. The zero-order valence-electron chi connectivity index (χ0n) is 15.6. The Labute approximate surface area is 157 Å². The van der Waals surface area contributed by atoms with E-state index >= 15 is 0 Å². The molecule has 0 fully saturated rings. The van der Waals surface area contributed by atoms with Crippen LogP contribution in [0.15, 0.2) is 24.3 Å². The van der Waals surface area contributed by atoms with Crippen LogP contribution in [0, 0.1) is 0 Å². The third-order valence-electron chi connectivity index (χ3n) is 3.52. The minimum atomic E-state index is -1.05. The van der Waals surface area contributed by atoms with Gasteiger partial charge in [-0.1, -0.05) is 12.1 Å². The SMILES string of the molecule is CCc1c(C(=O)NCCOCC(=O)O)nnn1-c1ccc(OC(C)C)cc1. The third-order valence-corrected chi connectivity index (χ3v) is 3.52. The highest BCUT2D eigenvalue weighted by Gasteiger charge is 2.19. The van der Waals surface area contributed by atoms with Crippen LogP contribution in [-0.2, 0) is 16.0 Å². The molecule has 0 aliphatic carbocycles. The van der Waals surface area contributed by atoms with E-state index in [4.69, 9.17) is 14.6 Å². The largest absolute Gasteiger partial charge is 0.491 e. The molecule has 0 radical (unpaired) electrons. The Balaban J connectivity index is 2.05. The van der Waals surface area contributed by atoms with E-state index in [1.165, 1.54) is 0 Å². The molecular formula is C18H24N4O5. The minimum absolute atomic E-state index is 0.0863. The lowest BCUT2D eigenvalue weighted by Crippen LogP contribution is -2.29. The normalized spacial score (nSPS) is 10.8. The van der Waals surface area contributed by atoms with Crippen molar-refractivity contribution in [3.05, 3.63) is 35.7 Å². The van der Waals surface area contributed by atoms with Crippen molar-refractivity contribution in [3.63, 3.8) is 0 Å². The summed E-state index contributed by atoms with van der Waals surface area (Å²) in [5.41, 5.74) is 1.69. The monoisotopic (exact) mass is 376 g/mol. The van der Waals surface area contributed by atoms with Gasteiger partial charge in [0.15, 0.2) is 5.69 Å². The summed E-state index contributed by atoms with van der Waals surface area (Å²) in [6, 6.07) is 7.39. The fraction of sp³-hybridized carbons (Fsp3) is 0.444. The minimum Gasteiger partial charge on any atom is -0.491 e. The van der Waals surface area contributed by atoms with Crippen LogP contribution in [0.3, 0.4) is 0 Å². The van der Waals surface area contributed by atoms with Crippen LogP contribution < -0.4 is 10.1 Å². The molecule has 1 heterocycles. The molecule has 2 rings (SSSR count). The van der Waals surface area contributed by atoms with E-state index in [9.17, 15) is 9.59 Å². The van der Waals surface area contributed by atoms with Crippen LogP contribution in [0.2, 0.25) is 0 Å². The molecule has 1 amide bonds. The molecule has 0 saturated heterocycles. The fourth-order valence-corrected chi connectivity index (χ4v) is 2.42. The highest BCUT2D eigenvalue weighted by molar-refractivity contribution is 5.93. The Hall–Kier alpha value is -2.94. The number of nitrogens with zero attached hydrogens (tertiary/aromatic N) is 3. The Morgan fingerprint density at radius 3 is 2.56 bits per heavy atom. The molecule has 0 aliphatic rings. The first-order valence-corrected chi connectivity index (χ1v) is 8.71. The van der Waals surface area contributed by atoms with Gasteiger partial charge in [-0.3, -0.25) is 4.79 Å². The summed E-state index contributed by atoms with van der Waals surface area (Å²) in [7, 11) is 0. The van der Waals surface area contributed by atoms with Crippen molar-refractivity contribution in [1.29, 1.82) is 0 Å². The summed E-state index contributed by atoms with van der Waals surface area (Å²) in [5, 5.41) is 19.2. The smallest absolute Gasteiger partial charge is 0.329 e. The number of hydrogen-bond donors (Lipinski definition) is 2. The number of carbonyl (C=O) groups is 2. The summed E-state index contributed by atoms with van der Waals surface area (Å²) < 4.78 is 12.1. The summed E-state index contributed by atoms with van der Waals surface area (Å²) in [6.07, 6.45) is 0.651. The average Bonchev–Trinajstić information content (AvgIpc) is 3.05. The molecule has 0 atom stereocenters. The summed E-state index contributed by atoms with van der Waals surface area (Å²) in [5.74, 6) is -0.676. The predicted octanol–water partition coefficient (Wildman–Crippen LogP) is 1.45. The van der Waals surface area contributed by atoms with E-state index in [1.54, 1.807) is 4.68 Å². The van der Waals surface area contributed by atoms with Gasteiger partial charge < -0.3 is 19.9 Å². The summed E-state index contributed by atoms with van der Waals surface area (Å²) >= 11 is 0. The Morgan fingerprint density at radius 1 is 1.26 bits per heavy atom. The van der Waals surface area contributed by atoms with Crippen LogP contribution in [0.4, 0.5) is 0 Å². The molecule has 146 valence electrons. The van der Waals surface area contributed by atoms with Crippen molar-refractivity contribution in [3.8, 4) is 11.4 Å². The molecule has 2 N–H and O–H groups in total. The van der Waals surface area contributed by atoms with Crippen LogP contribution >= 0.6 is 0 Å². The van der Waals surface area contributed by atoms with Crippen molar-refractivity contribution in [1.82, 2.24) is 20.3 Å². The molecule has 1 aromatic heterocycles. The van der Waals surface area contributed by atoms with E-state index < -0.39 is 12.6 Å². The van der Waals surface area contributed by atoms with Crippen LogP contribution in [-0.4, -0.2) is 57.8 Å². The number of aromatic nitrogens is 3. The zero-order chi connectivity index (χ0) is 19.8. The van der Waals surface area contributed by atoms with Gasteiger partial charge in [0.25, 0.3) is 5.91 Å². The molecule has 27 heavy (non-hydrogen) atoms. The van der Waals surface area contributed by atoms with Gasteiger partial charge in [-0.15, -0.1) is 5.10 Å². The first-order chi connectivity index (χ1) is 12.9. The molecule has 0 saturated carbocycles. The maximum Gasteiger partial charge on any atom is 0.329 e. The quantitative estimate of drug-likeness (QED) is 0.603. The number of hydrogen-bond acceptors (Lipinski definition) is 6. The van der Waals surface area contributed by atoms with Crippen molar-refractivity contribution >= 4 is 11.9 Å². The van der Waals surface area contributed by atoms with Crippen molar-refractivity contribution in [2.24, 2.45) is 0 Å². The highest BCUT2D eigenvalue weighted by Crippen LogP contribution is 2.18. The van der Waals surface area contributed by atoms with E-state index in [1.807, 2.05) is 45.0 Å². The number of carbonyl (C=O) groups excluding carboxylic acids is 1. The van der Waals surface area contributed by atoms with E-state index in [2.05, 4.69) is 15.6 Å². The first-order valence-electron chi connectivity index (χ1n) is 8.71. The molecule has 9 heteroatoms. The molecule has 0 aliphatic heterocycles. The van der Waals surface area contributed by atoms with Crippen LogP contribution in [0.25, 0.3) is 5.69 Å². The van der Waals surface area contributed by atoms with Gasteiger partial charge in [0, 0.05) is 6.54 Å². The Morgan fingerprint density at radius 2 is 1.96 bits per heavy atom. The standard InChI is InChI=1S/C18H24N4O5/c1-4-15-17(18(25)19-9-10-26-11-16(23)24)20-21-22(15)13-5-7-14(8-6-13)27-12(2)3/h5-8,12H,4,9-11H2,1-3H3,(H,19,25)(H,23,24). The maximum absolute atomic E-state index is 12.3. The van der Waals surface area contributed by atoms with Gasteiger partial charge in [-0.25, -0.2) is 9.48 Å². The van der Waals surface area contributed by atoms with Gasteiger partial charge in [0.1, 0.15) is 12.4 Å². The number of amides is 1. The maximum atomic E-state index is 12.3. The molecule has 9 nitrogen and oxygen atoms in total. The van der Waals surface area contributed by atoms with E-state index in [0.29, 0.717) is 12.1 Å². The first kappa shape index (κ1) is 20.4. The number of carboxylic acids is 1. The Bertz CT molecular complexity index is 771. The third kappa shape index (κ3) is 5.78. The van der Waals surface area contributed by atoms with Crippen molar-refractivity contribution in [2.75, 3.05) is 19.8 Å². The molecule has 0 unspecified atom stereocenters. The van der Waals surface area contributed by atoms with Gasteiger partial charge in [0.05, 0.1) is 24.1 Å². The topological polar surface area (TPSA) is 116 Å². The predicted molar refractivity (Wildman–Crippen MR) is 97.3 cm³/mol. The molecule has 2 aromatic rings. The number of carboxylic acid groups (broad SMARTS) is 1. The fourth-order valence-electron chi connectivity index (χ4n) is 2.42. The van der Waals surface area contributed by atoms with E-state index in [-0.39, 0.29) is 30.9 Å². The second kappa shape index (κ2) is 9.67. The van der Waals surface area contributed by atoms with E-state index in [0.717, 1.165) is 11.4 Å². The van der Waals surface area contributed by atoms with Gasteiger partial charge in [-0.2, -0.15) is 0 Å². The summed E-state index contributed by atoms with van der Waals surface area (Å²) in [4.78, 5) is 22.7. The summed E-state index contributed by atoms with van der Waals surface area (Å²) in [6.45, 7) is 5.71. The molecular weight excluding hydrogens is 352 g/mol. The lowest BCUT2D eigenvalue weighted by atomic mass is 10.2. The number of aliphatic carboxylic acids is 1.